The molecule has 5 heteroatoms. The summed E-state index contributed by atoms with van der Waals surface area (Å²) in [7, 11) is 0. The van der Waals surface area contributed by atoms with E-state index in [0.717, 1.165) is 12.5 Å². The van der Waals surface area contributed by atoms with E-state index in [9.17, 15) is 13.2 Å². The lowest BCUT2D eigenvalue weighted by Crippen LogP contribution is -2.26. The zero-order valence-corrected chi connectivity index (χ0v) is 16.1. The molecule has 3 aromatic rings. The number of hydrogen-bond acceptors (Lipinski definition) is 2. The Bertz CT molecular complexity index is 1150. The highest BCUT2D eigenvalue weighted by atomic mass is 19.2. The quantitative estimate of drug-likeness (QED) is 0.397. The highest BCUT2D eigenvalue weighted by Crippen LogP contribution is 2.27. The third kappa shape index (κ3) is 4.25. The standard InChI is InChI=1S/C25H19F3O2/c1-2-3-17-14-29-25(30-15-17)20-8-7-18(23(27)13-20)6-4-16-5-10-21-19(12-16)9-11-22(26)24(21)28/h2,5,7-13,17,25H,1,3,14-15H2. The van der Waals surface area contributed by atoms with Crippen LogP contribution in [-0.2, 0) is 9.47 Å². The Labute approximate surface area is 172 Å². The highest BCUT2D eigenvalue weighted by molar-refractivity contribution is 5.84. The van der Waals surface area contributed by atoms with Crippen molar-refractivity contribution in [2.75, 3.05) is 13.2 Å². The molecule has 1 fully saturated rings. The van der Waals surface area contributed by atoms with Crippen molar-refractivity contribution in [3.05, 3.63) is 95.3 Å². The van der Waals surface area contributed by atoms with Gasteiger partial charge in [0.25, 0.3) is 0 Å². The summed E-state index contributed by atoms with van der Waals surface area (Å²) in [5.41, 5.74) is 1.40. The molecule has 0 amide bonds. The molecule has 0 spiro atoms. The first-order chi connectivity index (χ1) is 14.5. The van der Waals surface area contributed by atoms with Gasteiger partial charge in [-0.15, -0.1) is 6.58 Å². The number of hydrogen-bond donors (Lipinski definition) is 0. The van der Waals surface area contributed by atoms with Crippen LogP contribution in [-0.4, -0.2) is 13.2 Å². The van der Waals surface area contributed by atoms with Gasteiger partial charge in [-0.1, -0.05) is 36.1 Å². The molecule has 1 aliphatic rings. The van der Waals surface area contributed by atoms with Gasteiger partial charge in [0.15, 0.2) is 17.9 Å². The van der Waals surface area contributed by atoms with Crippen LogP contribution in [0.1, 0.15) is 29.4 Å². The number of rotatable bonds is 3. The second-order valence-corrected chi connectivity index (χ2v) is 7.18. The van der Waals surface area contributed by atoms with Crippen molar-refractivity contribution in [1.82, 2.24) is 0 Å². The second-order valence-electron chi connectivity index (χ2n) is 7.18. The Morgan fingerprint density at radius 1 is 0.933 bits per heavy atom. The SMILES string of the molecule is C=CCC1COC(c2ccc(C#Cc3ccc4c(F)c(F)ccc4c3)c(F)c2)OC1. The van der Waals surface area contributed by atoms with Gasteiger partial charge in [-0.2, -0.15) is 0 Å². The van der Waals surface area contributed by atoms with Crippen molar-refractivity contribution < 1.29 is 22.6 Å². The summed E-state index contributed by atoms with van der Waals surface area (Å²) in [5, 5.41) is 0.705. The van der Waals surface area contributed by atoms with Crippen molar-refractivity contribution in [3.63, 3.8) is 0 Å². The number of fused-ring (bicyclic) bond motifs is 1. The Morgan fingerprint density at radius 2 is 1.73 bits per heavy atom. The van der Waals surface area contributed by atoms with E-state index in [0.29, 0.717) is 29.7 Å². The van der Waals surface area contributed by atoms with Gasteiger partial charge in [-0.3, -0.25) is 0 Å². The van der Waals surface area contributed by atoms with Crippen molar-refractivity contribution >= 4 is 10.8 Å². The predicted octanol–water partition coefficient (Wildman–Crippen LogP) is 5.89. The van der Waals surface area contributed by atoms with E-state index in [4.69, 9.17) is 9.47 Å². The molecule has 0 atom stereocenters. The molecule has 0 unspecified atom stereocenters. The summed E-state index contributed by atoms with van der Waals surface area (Å²) >= 11 is 0. The molecule has 0 bridgehead atoms. The fourth-order valence-corrected chi connectivity index (χ4v) is 3.37. The Hall–Kier alpha value is -3.07. The summed E-state index contributed by atoms with van der Waals surface area (Å²) in [5.74, 6) is 3.65. The van der Waals surface area contributed by atoms with Crippen LogP contribution in [0.3, 0.4) is 0 Å². The van der Waals surface area contributed by atoms with E-state index in [2.05, 4.69) is 18.4 Å². The van der Waals surface area contributed by atoms with Gasteiger partial charge in [-0.05, 0) is 42.1 Å². The largest absolute Gasteiger partial charge is 0.348 e. The van der Waals surface area contributed by atoms with Crippen LogP contribution < -0.4 is 0 Å². The average molecular weight is 408 g/mol. The fourth-order valence-electron chi connectivity index (χ4n) is 3.37. The number of ether oxygens (including phenoxy) is 2. The molecule has 0 aromatic heterocycles. The highest BCUT2D eigenvalue weighted by Gasteiger charge is 2.23. The molecule has 0 radical (unpaired) electrons. The molecule has 0 saturated carbocycles. The molecule has 1 aliphatic heterocycles. The van der Waals surface area contributed by atoms with Crippen LogP contribution in [0.25, 0.3) is 10.8 Å². The maximum Gasteiger partial charge on any atom is 0.183 e. The van der Waals surface area contributed by atoms with Gasteiger partial charge in [0.1, 0.15) is 5.82 Å². The molecule has 2 nitrogen and oxygen atoms in total. The number of benzene rings is 3. The van der Waals surface area contributed by atoms with Crippen molar-refractivity contribution in [2.24, 2.45) is 5.92 Å². The molecule has 1 saturated heterocycles. The molecule has 4 rings (SSSR count). The normalized spacial score (nSPS) is 18.6. The first-order valence-corrected chi connectivity index (χ1v) is 9.58. The zero-order valence-electron chi connectivity index (χ0n) is 16.1. The van der Waals surface area contributed by atoms with Gasteiger partial charge in [-0.25, -0.2) is 13.2 Å². The summed E-state index contributed by atoms with van der Waals surface area (Å²) < 4.78 is 53.0. The summed E-state index contributed by atoms with van der Waals surface area (Å²) in [6.45, 7) is 4.78. The lowest BCUT2D eigenvalue weighted by molar-refractivity contribution is -0.204. The lowest BCUT2D eigenvalue weighted by atomic mass is 10.1. The average Bonchev–Trinajstić information content (AvgIpc) is 2.76. The maximum absolute atomic E-state index is 14.5. The van der Waals surface area contributed by atoms with E-state index >= 15 is 0 Å². The Kier molecular flexibility index (Phi) is 5.89. The van der Waals surface area contributed by atoms with Crippen molar-refractivity contribution in [3.8, 4) is 11.8 Å². The number of halogens is 3. The van der Waals surface area contributed by atoms with E-state index < -0.39 is 23.7 Å². The molecule has 1 heterocycles. The van der Waals surface area contributed by atoms with Crippen LogP contribution in [0.5, 0.6) is 0 Å². The van der Waals surface area contributed by atoms with Crippen LogP contribution in [0, 0.1) is 35.2 Å². The Morgan fingerprint density at radius 3 is 2.47 bits per heavy atom. The van der Waals surface area contributed by atoms with Crippen molar-refractivity contribution in [1.29, 1.82) is 0 Å². The van der Waals surface area contributed by atoms with Gasteiger partial charge < -0.3 is 9.47 Å². The second kappa shape index (κ2) is 8.74. The van der Waals surface area contributed by atoms with Gasteiger partial charge >= 0.3 is 0 Å². The van der Waals surface area contributed by atoms with Crippen LogP contribution >= 0.6 is 0 Å². The van der Waals surface area contributed by atoms with E-state index in [-0.39, 0.29) is 16.9 Å². The van der Waals surface area contributed by atoms with E-state index in [1.54, 1.807) is 24.3 Å². The molecule has 0 N–H and O–H groups in total. The summed E-state index contributed by atoms with van der Waals surface area (Å²) in [6.07, 6.45) is 2.04. The first-order valence-electron chi connectivity index (χ1n) is 9.58. The summed E-state index contributed by atoms with van der Waals surface area (Å²) in [6, 6.07) is 11.9. The van der Waals surface area contributed by atoms with Crippen molar-refractivity contribution in [2.45, 2.75) is 12.7 Å². The minimum Gasteiger partial charge on any atom is -0.348 e. The van der Waals surface area contributed by atoms with Gasteiger partial charge in [0.2, 0.25) is 0 Å². The molecule has 152 valence electrons. The monoisotopic (exact) mass is 408 g/mol. The third-order valence-electron chi connectivity index (χ3n) is 4.98. The minimum absolute atomic E-state index is 0.180. The topological polar surface area (TPSA) is 18.5 Å². The smallest absolute Gasteiger partial charge is 0.183 e. The first kappa shape index (κ1) is 20.2. The molecule has 30 heavy (non-hydrogen) atoms. The lowest BCUT2D eigenvalue weighted by Gasteiger charge is -2.29. The van der Waals surface area contributed by atoms with Crippen LogP contribution in [0.15, 0.2) is 61.2 Å². The maximum atomic E-state index is 14.5. The minimum atomic E-state index is -0.898. The zero-order chi connectivity index (χ0) is 21.1. The van der Waals surface area contributed by atoms with E-state index in [1.807, 2.05) is 6.08 Å². The van der Waals surface area contributed by atoms with Crippen LogP contribution in [0.4, 0.5) is 13.2 Å². The number of allylic oxidation sites excluding steroid dienone is 1. The van der Waals surface area contributed by atoms with Crippen LogP contribution in [0.2, 0.25) is 0 Å². The molecular weight excluding hydrogens is 389 g/mol. The molecule has 0 aliphatic carbocycles. The van der Waals surface area contributed by atoms with Gasteiger partial charge in [0, 0.05) is 22.4 Å². The fraction of sp³-hybridized carbons (Fsp3) is 0.200. The Balaban J connectivity index is 1.51. The molecule has 3 aromatic carbocycles. The van der Waals surface area contributed by atoms with E-state index in [1.165, 1.54) is 18.2 Å². The third-order valence-corrected chi connectivity index (χ3v) is 4.98. The summed E-state index contributed by atoms with van der Waals surface area (Å²) in [4.78, 5) is 0. The predicted molar refractivity (Wildman–Crippen MR) is 109 cm³/mol. The molecular formula is C25H19F3O2. The van der Waals surface area contributed by atoms with Gasteiger partial charge in [0.05, 0.1) is 18.8 Å².